The van der Waals surface area contributed by atoms with Crippen molar-refractivity contribution in [1.29, 1.82) is 0 Å². The monoisotopic (exact) mass is 329 g/mol. The van der Waals surface area contributed by atoms with E-state index in [9.17, 15) is 9.18 Å². The highest BCUT2D eigenvalue weighted by Gasteiger charge is 2.11. The summed E-state index contributed by atoms with van der Waals surface area (Å²) in [5.74, 6) is 0.331. The van der Waals surface area contributed by atoms with Crippen LogP contribution in [0.25, 0.3) is 0 Å². The van der Waals surface area contributed by atoms with E-state index in [1.165, 1.54) is 17.7 Å². The number of pyridine rings is 1. The maximum absolute atomic E-state index is 12.8. The Kier molecular flexibility index (Phi) is 6.91. The van der Waals surface area contributed by atoms with Crippen molar-refractivity contribution in [3.8, 4) is 0 Å². The first-order chi connectivity index (χ1) is 11.6. The summed E-state index contributed by atoms with van der Waals surface area (Å²) in [7, 11) is 0. The van der Waals surface area contributed by atoms with Crippen molar-refractivity contribution in [2.24, 2.45) is 0 Å². The first kappa shape index (κ1) is 18.1. The van der Waals surface area contributed by atoms with E-state index >= 15 is 0 Å². The van der Waals surface area contributed by atoms with Crippen LogP contribution in [0.15, 0.2) is 48.8 Å². The molecule has 0 unspecified atom stereocenters. The molecule has 0 saturated carbocycles. The number of carbonyl (C=O) groups excluding carboxylic acids is 1. The second kappa shape index (κ2) is 9.16. The first-order valence-electron chi connectivity index (χ1n) is 8.62. The average Bonchev–Trinajstić information content (AvgIpc) is 2.59. The van der Waals surface area contributed by atoms with E-state index in [4.69, 9.17) is 0 Å². The van der Waals surface area contributed by atoms with Crippen molar-refractivity contribution in [3.63, 3.8) is 0 Å². The Morgan fingerprint density at radius 2 is 1.71 bits per heavy atom. The lowest BCUT2D eigenvalue weighted by Gasteiger charge is -2.11. The second-order valence-electron chi connectivity index (χ2n) is 6.04. The smallest absolute Gasteiger partial charge is 0.285 e. The molecular formula is C20H26FN2O+. The highest BCUT2D eigenvalue weighted by atomic mass is 19.1. The minimum absolute atomic E-state index is 0.0163. The Morgan fingerprint density at radius 3 is 2.29 bits per heavy atom. The molecule has 2 rings (SSSR count). The van der Waals surface area contributed by atoms with Crippen molar-refractivity contribution in [2.75, 3.05) is 6.54 Å². The van der Waals surface area contributed by atoms with E-state index < -0.39 is 0 Å². The van der Waals surface area contributed by atoms with E-state index in [2.05, 4.69) is 31.3 Å². The predicted molar refractivity (Wildman–Crippen MR) is 93.1 cm³/mol. The molecule has 0 aliphatic heterocycles. The average molecular weight is 329 g/mol. The third-order valence-corrected chi connectivity index (χ3v) is 4.35. The zero-order valence-electron chi connectivity index (χ0n) is 14.5. The number of aromatic nitrogens is 1. The van der Waals surface area contributed by atoms with Crippen molar-refractivity contribution in [1.82, 2.24) is 5.32 Å². The van der Waals surface area contributed by atoms with Gasteiger partial charge in [0.1, 0.15) is 5.82 Å². The Morgan fingerprint density at radius 1 is 1.08 bits per heavy atom. The fourth-order valence-corrected chi connectivity index (χ4v) is 2.83. The molecule has 0 radical (unpaired) electrons. The van der Waals surface area contributed by atoms with Gasteiger partial charge in [-0.25, -0.2) is 4.39 Å². The SMILES string of the molecule is CCC(CC)c1cc[n+](CC(=O)NCCc2ccc(F)cc2)cc1. The Hall–Kier alpha value is -2.23. The van der Waals surface area contributed by atoms with Crippen molar-refractivity contribution >= 4 is 5.91 Å². The van der Waals surface area contributed by atoms with Crippen LogP contribution in [0.5, 0.6) is 0 Å². The molecule has 1 aromatic heterocycles. The zero-order valence-corrected chi connectivity index (χ0v) is 14.5. The summed E-state index contributed by atoms with van der Waals surface area (Å²) in [6.07, 6.45) is 6.89. The molecule has 4 heteroatoms. The minimum atomic E-state index is -0.240. The third-order valence-electron chi connectivity index (χ3n) is 4.35. The van der Waals surface area contributed by atoms with Gasteiger partial charge >= 0.3 is 0 Å². The van der Waals surface area contributed by atoms with Crippen LogP contribution >= 0.6 is 0 Å². The standard InChI is InChI=1S/C20H25FN2O/c1-3-17(4-2)18-10-13-23(14-11-18)15-20(24)22-12-9-16-5-7-19(21)8-6-16/h5-8,10-11,13-14,17H,3-4,9,12,15H2,1-2H3/p+1. The van der Waals surface area contributed by atoms with Gasteiger partial charge in [-0.15, -0.1) is 0 Å². The third kappa shape index (κ3) is 5.44. The summed E-state index contributed by atoms with van der Waals surface area (Å²) < 4.78 is 14.7. The van der Waals surface area contributed by atoms with E-state index in [0.29, 0.717) is 25.4 Å². The first-order valence-corrected chi connectivity index (χ1v) is 8.62. The lowest BCUT2D eigenvalue weighted by atomic mass is 9.95. The molecule has 128 valence electrons. The van der Waals surface area contributed by atoms with E-state index in [1.54, 1.807) is 12.1 Å². The lowest BCUT2D eigenvalue weighted by molar-refractivity contribution is -0.684. The van der Waals surface area contributed by atoms with Crippen LogP contribution < -0.4 is 9.88 Å². The van der Waals surface area contributed by atoms with Gasteiger partial charge < -0.3 is 5.32 Å². The van der Waals surface area contributed by atoms with Gasteiger partial charge in [0, 0.05) is 18.7 Å². The summed E-state index contributed by atoms with van der Waals surface area (Å²) in [6.45, 7) is 5.26. The topological polar surface area (TPSA) is 33.0 Å². The molecule has 0 aliphatic rings. The predicted octanol–water partition coefficient (Wildman–Crippen LogP) is 3.38. The number of hydrogen-bond acceptors (Lipinski definition) is 1. The van der Waals surface area contributed by atoms with Crippen molar-refractivity contribution < 1.29 is 13.8 Å². The lowest BCUT2D eigenvalue weighted by Crippen LogP contribution is -2.42. The van der Waals surface area contributed by atoms with Crippen LogP contribution in [0.1, 0.15) is 43.7 Å². The molecule has 0 atom stereocenters. The highest BCUT2D eigenvalue weighted by molar-refractivity contribution is 5.74. The number of benzene rings is 1. The number of hydrogen-bond donors (Lipinski definition) is 1. The summed E-state index contributed by atoms with van der Waals surface area (Å²) >= 11 is 0. The molecule has 24 heavy (non-hydrogen) atoms. The molecule has 1 N–H and O–H groups in total. The van der Waals surface area contributed by atoms with Gasteiger partial charge in [0.25, 0.3) is 5.91 Å². The fourth-order valence-electron chi connectivity index (χ4n) is 2.83. The van der Waals surface area contributed by atoms with Crippen molar-refractivity contribution in [2.45, 2.75) is 45.6 Å². The van der Waals surface area contributed by atoms with Crippen LogP contribution in [0.4, 0.5) is 4.39 Å². The largest absolute Gasteiger partial charge is 0.350 e. The molecule has 1 aromatic carbocycles. The quantitative estimate of drug-likeness (QED) is 0.740. The van der Waals surface area contributed by atoms with Gasteiger partial charge in [-0.3, -0.25) is 4.79 Å². The molecule has 1 heterocycles. The minimum Gasteiger partial charge on any atom is -0.350 e. The molecule has 0 aliphatic carbocycles. The van der Waals surface area contributed by atoms with Gasteiger partial charge in [0.05, 0.1) is 0 Å². The molecule has 0 saturated heterocycles. The van der Waals surface area contributed by atoms with Crippen LogP contribution in [0.2, 0.25) is 0 Å². The molecular weight excluding hydrogens is 303 g/mol. The van der Waals surface area contributed by atoms with E-state index in [-0.39, 0.29) is 11.7 Å². The molecule has 3 nitrogen and oxygen atoms in total. The van der Waals surface area contributed by atoms with Gasteiger partial charge in [0.2, 0.25) is 6.54 Å². The van der Waals surface area contributed by atoms with Crippen LogP contribution in [-0.4, -0.2) is 12.5 Å². The maximum atomic E-state index is 12.8. The fraction of sp³-hybridized carbons (Fsp3) is 0.400. The van der Waals surface area contributed by atoms with Crippen LogP contribution in [-0.2, 0) is 17.8 Å². The molecule has 2 aromatic rings. The summed E-state index contributed by atoms with van der Waals surface area (Å²) in [5, 5.41) is 2.90. The molecule has 1 amide bonds. The number of carbonyl (C=O) groups is 1. The Bertz CT molecular complexity index is 634. The van der Waals surface area contributed by atoms with E-state index in [1.807, 2.05) is 17.0 Å². The number of rotatable bonds is 8. The van der Waals surface area contributed by atoms with Gasteiger partial charge in [-0.2, -0.15) is 4.57 Å². The van der Waals surface area contributed by atoms with Crippen LogP contribution in [0, 0.1) is 5.82 Å². The number of nitrogens with one attached hydrogen (secondary N) is 1. The summed E-state index contributed by atoms with van der Waals surface area (Å²) in [6, 6.07) is 10.6. The summed E-state index contributed by atoms with van der Waals surface area (Å²) in [5.41, 5.74) is 2.34. The van der Waals surface area contributed by atoms with Gasteiger partial charge in [0.15, 0.2) is 12.4 Å². The normalized spacial score (nSPS) is 10.8. The molecule has 0 fully saturated rings. The maximum Gasteiger partial charge on any atom is 0.285 e. The number of amides is 1. The van der Waals surface area contributed by atoms with E-state index in [0.717, 1.165) is 18.4 Å². The summed E-state index contributed by atoms with van der Waals surface area (Å²) in [4.78, 5) is 12.0. The Balaban J connectivity index is 1.78. The Labute approximate surface area is 143 Å². The number of nitrogens with zero attached hydrogens (tertiary/aromatic N) is 1. The van der Waals surface area contributed by atoms with Crippen LogP contribution in [0.3, 0.4) is 0 Å². The van der Waals surface area contributed by atoms with Gasteiger partial charge in [-0.05, 0) is 48.4 Å². The zero-order chi connectivity index (χ0) is 17.4. The van der Waals surface area contributed by atoms with Crippen molar-refractivity contribution in [3.05, 3.63) is 65.7 Å². The highest BCUT2D eigenvalue weighted by Crippen LogP contribution is 2.21. The van der Waals surface area contributed by atoms with Gasteiger partial charge in [-0.1, -0.05) is 26.0 Å². The molecule has 0 bridgehead atoms. The number of halogens is 1. The molecule has 0 spiro atoms. The second-order valence-corrected chi connectivity index (χ2v) is 6.04.